The van der Waals surface area contributed by atoms with Gasteiger partial charge in [0.1, 0.15) is 16.9 Å². The molecule has 0 aliphatic carbocycles. The standard InChI is InChI=1S/C27H31N3O2/c1-19(23-15-11-13-22-12-7-8-14-24(22)23)28-17-10-6-9-16-27(4,5)26(31)29-18-25-20(2)32-21(3)30-25/h6-8,10-15,19,28H,17-18H2,1-5H3,(H,29,31)/t19-/m1/s1. The number of aromatic nitrogens is 1. The largest absolute Gasteiger partial charge is 0.446 e. The Kier molecular flexibility index (Phi) is 7.50. The molecule has 2 aromatic carbocycles. The predicted octanol–water partition coefficient (Wildman–Crippen LogP) is 5.00. The highest BCUT2D eigenvalue weighted by molar-refractivity contribution is 5.86. The third-order valence-corrected chi connectivity index (χ3v) is 5.40. The summed E-state index contributed by atoms with van der Waals surface area (Å²) in [5.41, 5.74) is 1.21. The van der Waals surface area contributed by atoms with Crippen LogP contribution in [0, 0.1) is 31.1 Å². The molecule has 1 aromatic heterocycles. The molecule has 0 bridgehead atoms. The highest BCUT2D eigenvalue weighted by Gasteiger charge is 2.25. The third-order valence-electron chi connectivity index (χ3n) is 5.40. The first-order valence-electron chi connectivity index (χ1n) is 10.9. The van der Waals surface area contributed by atoms with Crippen LogP contribution in [0.1, 0.15) is 49.7 Å². The second-order valence-electron chi connectivity index (χ2n) is 8.41. The maximum atomic E-state index is 12.5. The summed E-state index contributed by atoms with van der Waals surface area (Å²) in [5.74, 6) is 7.22. The van der Waals surface area contributed by atoms with Crippen LogP contribution in [-0.2, 0) is 11.3 Å². The predicted molar refractivity (Wildman–Crippen MR) is 129 cm³/mol. The average Bonchev–Trinajstić information content (AvgIpc) is 3.10. The van der Waals surface area contributed by atoms with Gasteiger partial charge in [0, 0.05) is 19.5 Å². The molecule has 0 aliphatic rings. The molecule has 5 heteroatoms. The summed E-state index contributed by atoms with van der Waals surface area (Å²) in [7, 11) is 0. The van der Waals surface area contributed by atoms with Crippen LogP contribution in [0.25, 0.3) is 10.8 Å². The number of oxazole rings is 1. The number of nitrogens with zero attached hydrogens (tertiary/aromatic N) is 1. The molecule has 5 nitrogen and oxygen atoms in total. The zero-order chi connectivity index (χ0) is 23.1. The molecule has 0 unspecified atom stereocenters. The first-order valence-corrected chi connectivity index (χ1v) is 10.9. The fraction of sp³-hybridized carbons (Fsp3) is 0.333. The van der Waals surface area contributed by atoms with Crippen LogP contribution in [0.2, 0.25) is 0 Å². The van der Waals surface area contributed by atoms with Crippen LogP contribution < -0.4 is 10.6 Å². The highest BCUT2D eigenvalue weighted by atomic mass is 16.4. The van der Waals surface area contributed by atoms with Crippen LogP contribution in [0.5, 0.6) is 0 Å². The molecular formula is C27H31N3O2. The summed E-state index contributed by atoms with van der Waals surface area (Å²) in [6, 6.07) is 15.0. The molecule has 32 heavy (non-hydrogen) atoms. The Morgan fingerprint density at radius 1 is 1.19 bits per heavy atom. The molecule has 0 fully saturated rings. The topological polar surface area (TPSA) is 67.2 Å². The minimum absolute atomic E-state index is 0.138. The van der Waals surface area contributed by atoms with Crippen molar-refractivity contribution in [2.75, 3.05) is 6.54 Å². The number of hydrogen-bond donors (Lipinski definition) is 2. The molecule has 3 aromatic rings. The van der Waals surface area contributed by atoms with Crippen molar-refractivity contribution in [1.29, 1.82) is 0 Å². The van der Waals surface area contributed by atoms with Crippen molar-refractivity contribution in [1.82, 2.24) is 15.6 Å². The van der Waals surface area contributed by atoms with Gasteiger partial charge in [-0.15, -0.1) is 0 Å². The number of allylic oxidation sites excluding steroid dienone is 1. The average molecular weight is 430 g/mol. The lowest BCUT2D eigenvalue weighted by atomic mass is 9.93. The Balaban J connectivity index is 1.50. The van der Waals surface area contributed by atoms with Crippen molar-refractivity contribution in [3.63, 3.8) is 0 Å². The number of benzene rings is 2. The van der Waals surface area contributed by atoms with Crippen molar-refractivity contribution in [2.45, 2.75) is 47.2 Å². The minimum atomic E-state index is -0.805. The summed E-state index contributed by atoms with van der Waals surface area (Å²) in [4.78, 5) is 16.8. The van der Waals surface area contributed by atoms with E-state index in [1.165, 1.54) is 16.3 Å². The van der Waals surface area contributed by atoms with E-state index in [1.807, 2.05) is 26.8 Å². The van der Waals surface area contributed by atoms with E-state index < -0.39 is 5.41 Å². The number of hydrogen-bond acceptors (Lipinski definition) is 4. The first kappa shape index (κ1) is 23.3. The van der Waals surface area contributed by atoms with Crippen LogP contribution >= 0.6 is 0 Å². The van der Waals surface area contributed by atoms with Crippen molar-refractivity contribution >= 4 is 16.7 Å². The number of nitrogens with one attached hydrogen (secondary N) is 2. The molecule has 0 spiro atoms. The maximum Gasteiger partial charge on any atom is 0.238 e. The quantitative estimate of drug-likeness (QED) is 0.519. The number of fused-ring (bicyclic) bond motifs is 1. The van der Waals surface area contributed by atoms with E-state index in [9.17, 15) is 4.79 Å². The van der Waals surface area contributed by atoms with Gasteiger partial charge in [-0.2, -0.15) is 0 Å². The maximum absolute atomic E-state index is 12.5. The van der Waals surface area contributed by atoms with Crippen LogP contribution in [-0.4, -0.2) is 17.4 Å². The normalized spacial score (nSPS) is 12.5. The Hall–Kier alpha value is -3.36. The zero-order valence-corrected chi connectivity index (χ0v) is 19.5. The van der Waals surface area contributed by atoms with E-state index in [0.717, 1.165) is 11.5 Å². The van der Waals surface area contributed by atoms with E-state index >= 15 is 0 Å². The van der Waals surface area contributed by atoms with Gasteiger partial charge in [0.05, 0.1) is 6.54 Å². The van der Waals surface area contributed by atoms with Gasteiger partial charge in [-0.25, -0.2) is 4.98 Å². The lowest BCUT2D eigenvalue weighted by Crippen LogP contribution is -2.35. The zero-order valence-electron chi connectivity index (χ0n) is 19.5. The molecule has 0 saturated carbocycles. The minimum Gasteiger partial charge on any atom is -0.446 e. The van der Waals surface area contributed by atoms with Crippen LogP contribution in [0.3, 0.4) is 0 Å². The summed E-state index contributed by atoms with van der Waals surface area (Å²) in [6.07, 6.45) is 3.77. The lowest BCUT2D eigenvalue weighted by Gasteiger charge is -2.16. The Morgan fingerprint density at radius 3 is 2.69 bits per heavy atom. The van der Waals surface area contributed by atoms with Gasteiger partial charge in [0.2, 0.25) is 5.91 Å². The SMILES string of the molecule is Cc1nc(CNC(=O)C(C)(C)C#CC=CCN[C@H](C)c2cccc3ccccc23)c(C)o1. The Labute approximate surface area is 190 Å². The van der Waals surface area contributed by atoms with E-state index in [2.05, 4.69) is 76.8 Å². The van der Waals surface area contributed by atoms with Gasteiger partial charge in [-0.1, -0.05) is 60.4 Å². The van der Waals surface area contributed by atoms with Gasteiger partial charge < -0.3 is 15.1 Å². The Bertz CT molecular complexity index is 1170. The molecule has 1 amide bonds. The van der Waals surface area contributed by atoms with Crippen molar-refractivity contribution in [3.8, 4) is 11.8 Å². The van der Waals surface area contributed by atoms with Gasteiger partial charge in [-0.3, -0.25) is 4.79 Å². The van der Waals surface area contributed by atoms with Crippen molar-refractivity contribution in [3.05, 3.63) is 77.5 Å². The van der Waals surface area contributed by atoms with E-state index in [4.69, 9.17) is 4.42 Å². The summed E-state index contributed by atoms with van der Waals surface area (Å²) in [6.45, 7) is 10.4. The smallest absolute Gasteiger partial charge is 0.238 e. The second-order valence-corrected chi connectivity index (χ2v) is 8.41. The van der Waals surface area contributed by atoms with Crippen LogP contribution in [0.15, 0.2) is 59.0 Å². The van der Waals surface area contributed by atoms with Gasteiger partial charge >= 0.3 is 0 Å². The van der Waals surface area contributed by atoms with E-state index in [0.29, 0.717) is 19.0 Å². The molecule has 0 saturated heterocycles. The fourth-order valence-electron chi connectivity index (χ4n) is 3.50. The van der Waals surface area contributed by atoms with Gasteiger partial charge in [0.15, 0.2) is 5.89 Å². The molecule has 1 atom stereocenters. The van der Waals surface area contributed by atoms with Gasteiger partial charge in [0.25, 0.3) is 0 Å². The molecule has 0 aliphatic heterocycles. The van der Waals surface area contributed by atoms with Crippen molar-refractivity contribution < 1.29 is 9.21 Å². The third kappa shape index (κ3) is 5.87. The molecular weight excluding hydrogens is 398 g/mol. The van der Waals surface area contributed by atoms with Gasteiger partial charge in [-0.05, 0) is 50.1 Å². The Morgan fingerprint density at radius 2 is 1.94 bits per heavy atom. The summed E-state index contributed by atoms with van der Waals surface area (Å²) >= 11 is 0. The lowest BCUT2D eigenvalue weighted by molar-refractivity contribution is -0.126. The summed E-state index contributed by atoms with van der Waals surface area (Å²) < 4.78 is 5.40. The summed E-state index contributed by atoms with van der Waals surface area (Å²) in [5, 5.41) is 8.91. The number of carbonyl (C=O) groups is 1. The second kappa shape index (κ2) is 10.3. The highest BCUT2D eigenvalue weighted by Crippen LogP contribution is 2.23. The molecule has 166 valence electrons. The molecule has 3 rings (SSSR count). The van der Waals surface area contributed by atoms with E-state index in [-0.39, 0.29) is 11.9 Å². The molecule has 0 radical (unpaired) electrons. The number of aryl methyl sites for hydroxylation is 2. The monoisotopic (exact) mass is 429 g/mol. The fourth-order valence-corrected chi connectivity index (χ4v) is 3.50. The van der Waals surface area contributed by atoms with E-state index in [1.54, 1.807) is 13.0 Å². The van der Waals surface area contributed by atoms with Crippen LogP contribution in [0.4, 0.5) is 0 Å². The number of amides is 1. The number of rotatable bonds is 7. The van der Waals surface area contributed by atoms with Crippen molar-refractivity contribution in [2.24, 2.45) is 5.41 Å². The number of carbonyl (C=O) groups excluding carboxylic acids is 1. The molecule has 1 heterocycles. The first-order chi connectivity index (χ1) is 15.3. The molecule has 2 N–H and O–H groups in total.